The number of piperidine rings is 1. The van der Waals surface area contributed by atoms with Crippen LogP contribution >= 0.6 is 22.9 Å². The van der Waals surface area contributed by atoms with E-state index >= 15 is 0 Å². The molecule has 0 saturated carbocycles. The molecule has 2 atom stereocenters. The zero-order valence-corrected chi connectivity index (χ0v) is 20.4. The lowest BCUT2D eigenvalue weighted by Gasteiger charge is -2.36. The van der Waals surface area contributed by atoms with Crippen molar-refractivity contribution in [1.82, 2.24) is 30.4 Å². The molecule has 1 aromatic carbocycles. The molecule has 34 heavy (non-hydrogen) atoms. The van der Waals surface area contributed by atoms with E-state index in [9.17, 15) is 14.4 Å². The average molecular weight is 501 g/mol. The van der Waals surface area contributed by atoms with Crippen molar-refractivity contribution in [2.45, 2.75) is 31.5 Å². The third-order valence-corrected chi connectivity index (χ3v) is 7.67. The first-order valence-corrected chi connectivity index (χ1v) is 12.3. The van der Waals surface area contributed by atoms with Crippen LogP contribution in [0.15, 0.2) is 24.3 Å². The lowest BCUT2D eigenvalue weighted by molar-refractivity contribution is -0.133. The first kappa shape index (κ1) is 22.8. The van der Waals surface area contributed by atoms with E-state index in [2.05, 4.69) is 25.5 Å². The van der Waals surface area contributed by atoms with Gasteiger partial charge in [-0.3, -0.25) is 14.4 Å². The molecule has 11 heteroatoms. The molecule has 1 saturated heterocycles. The van der Waals surface area contributed by atoms with Crippen LogP contribution in [0.25, 0.3) is 10.9 Å². The normalized spacial score (nSPS) is 20.9. The van der Waals surface area contributed by atoms with Crippen LogP contribution in [-0.4, -0.2) is 76.8 Å². The van der Waals surface area contributed by atoms with Gasteiger partial charge in [-0.25, -0.2) is 4.98 Å². The zero-order valence-electron chi connectivity index (χ0n) is 18.9. The van der Waals surface area contributed by atoms with Crippen LogP contribution in [0.4, 0.5) is 0 Å². The molecule has 3 amide bonds. The molecular formula is C23H25ClN6O3S. The Bertz CT molecular complexity index is 1290. The van der Waals surface area contributed by atoms with Crippen LogP contribution in [0.3, 0.4) is 0 Å². The molecule has 9 nitrogen and oxygen atoms in total. The van der Waals surface area contributed by atoms with Gasteiger partial charge in [0.1, 0.15) is 5.69 Å². The van der Waals surface area contributed by atoms with Crippen LogP contribution < -0.4 is 10.6 Å². The summed E-state index contributed by atoms with van der Waals surface area (Å²) in [6.45, 7) is 2.00. The summed E-state index contributed by atoms with van der Waals surface area (Å²) in [5.74, 6) is -0.719. The number of nitrogens with one attached hydrogen (secondary N) is 3. The molecule has 0 radical (unpaired) electrons. The van der Waals surface area contributed by atoms with Crippen LogP contribution in [0.5, 0.6) is 0 Å². The molecule has 2 aliphatic rings. The number of thiazole rings is 1. The first-order valence-electron chi connectivity index (χ1n) is 11.1. The highest BCUT2D eigenvalue weighted by Gasteiger charge is 2.35. The van der Waals surface area contributed by atoms with E-state index in [4.69, 9.17) is 11.6 Å². The Hall–Kier alpha value is -2.95. The van der Waals surface area contributed by atoms with Crippen molar-refractivity contribution < 1.29 is 14.4 Å². The van der Waals surface area contributed by atoms with Crippen molar-refractivity contribution in [2.24, 2.45) is 0 Å². The maximum atomic E-state index is 13.0. The molecule has 0 unspecified atom stereocenters. The minimum absolute atomic E-state index is 0.0908. The number of H-pyrrole nitrogens is 1. The van der Waals surface area contributed by atoms with Crippen molar-refractivity contribution in [3.05, 3.63) is 50.6 Å². The molecule has 3 aromatic rings. The van der Waals surface area contributed by atoms with Crippen LogP contribution in [0.1, 0.15) is 37.3 Å². The topological polar surface area (TPSA) is 110 Å². The van der Waals surface area contributed by atoms with Gasteiger partial charge in [-0.2, -0.15) is 0 Å². The van der Waals surface area contributed by atoms with Gasteiger partial charge >= 0.3 is 0 Å². The molecule has 0 aliphatic carbocycles. The molecule has 3 N–H and O–H groups in total. The van der Waals surface area contributed by atoms with Crippen molar-refractivity contribution >= 4 is 51.6 Å². The number of rotatable bonds is 4. The number of nitrogens with zero attached hydrogens (tertiary/aromatic N) is 3. The lowest BCUT2D eigenvalue weighted by atomic mass is 9.98. The summed E-state index contributed by atoms with van der Waals surface area (Å²) in [7, 11) is 3.74. The maximum Gasteiger partial charge on any atom is 0.280 e. The number of aromatic amines is 1. The van der Waals surface area contributed by atoms with Gasteiger partial charge in [0.05, 0.1) is 17.8 Å². The molecule has 1 fully saturated rings. The largest absolute Gasteiger partial charge is 0.351 e. The number of likely N-dealkylation sites (N-methyl/N-ethyl adjacent to an activating group) is 2. The number of hydrogen-bond donors (Lipinski definition) is 3. The van der Waals surface area contributed by atoms with Gasteiger partial charge in [0, 0.05) is 60.3 Å². The van der Waals surface area contributed by atoms with Gasteiger partial charge in [-0.1, -0.05) is 11.6 Å². The molecule has 4 heterocycles. The Kier molecular flexibility index (Phi) is 6.05. The average Bonchev–Trinajstić information content (AvgIpc) is 3.40. The summed E-state index contributed by atoms with van der Waals surface area (Å²) >= 11 is 7.45. The number of likely N-dealkylation sites (tertiary alicyclic amines) is 1. The highest BCUT2D eigenvalue weighted by molar-refractivity contribution is 7.13. The SMILES string of the molecule is CN1CCc2nc(C(=O)N[C@H]3CN(C)C(=O)C[C@H]3NC(=O)c3cc4cc(Cl)ccc4[nH]3)sc2C1. The summed E-state index contributed by atoms with van der Waals surface area (Å²) in [4.78, 5) is 50.9. The summed E-state index contributed by atoms with van der Waals surface area (Å²) < 4.78 is 0. The third kappa shape index (κ3) is 4.53. The summed E-state index contributed by atoms with van der Waals surface area (Å²) in [5, 5.41) is 7.76. The van der Waals surface area contributed by atoms with Gasteiger partial charge in [-0.05, 0) is 31.3 Å². The minimum Gasteiger partial charge on any atom is -0.351 e. The second kappa shape index (κ2) is 9.01. The maximum absolute atomic E-state index is 13.0. The molecule has 2 aliphatic heterocycles. The Labute approximate surface area is 205 Å². The van der Waals surface area contributed by atoms with E-state index in [0.29, 0.717) is 22.3 Å². The minimum atomic E-state index is -0.545. The monoisotopic (exact) mass is 500 g/mol. The van der Waals surface area contributed by atoms with Gasteiger partial charge in [-0.15, -0.1) is 11.3 Å². The lowest BCUT2D eigenvalue weighted by Crippen LogP contribution is -2.61. The van der Waals surface area contributed by atoms with Crippen molar-refractivity contribution in [3.8, 4) is 0 Å². The fourth-order valence-corrected chi connectivity index (χ4v) is 5.70. The van der Waals surface area contributed by atoms with Gasteiger partial charge in [0.25, 0.3) is 11.8 Å². The van der Waals surface area contributed by atoms with E-state index in [1.54, 1.807) is 30.1 Å². The van der Waals surface area contributed by atoms with Gasteiger partial charge in [0.2, 0.25) is 5.91 Å². The number of carbonyl (C=O) groups excluding carboxylic acids is 3. The molecular weight excluding hydrogens is 476 g/mol. The molecule has 5 rings (SSSR count). The zero-order chi connectivity index (χ0) is 24.0. The number of carbonyl (C=O) groups is 3. The number of hydrogen-bond acceptors (Lipinski definition) is 6. The van der Waals surface area contributed by atoms with E-state index < -0.39 is 12.1 Å². The molecule has 0 bridgehead atoms. The second-order valence-corrected chi connectivity index (χ2v) is 10.4. The van der Waals surface area contributed by atoms with E-state index in [1.165, 1.54) is 11.3 Å². The number of benzene rings is 1. The standard InChI is InChI=1S/C23H25ClN6O3S/c1-29-6-5-15-19(11-29)34-23(28-15)22(33)27-18-10-30(2)20(31)9-16(18)26-21(32)17-8-12-7-13(24)3-4-14(12)25-17/h3-4,7-8,16,18,25H,5-6,9-11H2,1-2H3,(H,26,32)(H,27,33)/t16-,18+/m1/s1. The van der Waals surface area contributed by atoms with Crippen molar-refractivity contribution in [3.63, 3.8) is 0 Å². The molecule has 178 valence electrons. The number of halogens is 1. The van der Waals surface area contributed by atoms with Gasteiger partial charge < -0.3 is 25.4 Å². The number of aromatic nitrogens is 2. The van der Waals surface area contributed by atoms with Crippen molar-refractivity contribution in [2.75, 3.05) is 27.2 Å². The Morgan fingerprint density at radius 2 is 1.97 bits per heavy atom. The highest BCUT2D eigenvalue weighted by Crippen LogP contribution is 2.25. The Morgan fingerprint density at radius 3 is 2.79 bits per heavy atom. The van der Waals surface area contributed by atoms with Gasteiger partial charge in [0.15, 0.2) is 5.01 Å². The fraction of sp³-hybridized carbons (Fsp3) is 0.391. The highest BCUT2D eigenvalue weighted by atomic mass is 35.5. The van der Waals surface area contributed by atoms with Crippen molar-refractivity contribution in [1.29, 1.82) is 0 Å². The quantitative estimate of drug-likeness (QED) is 0.507. The smallest absolute Gasteiger partial charge is 0.280 e. The summed E-state index contributed by atoms with van der Waals surface area (Å²) in [6, 6.07) is 6.06. The van der Waals surface area contributed by atoms with Crippen LogP contribution in [0, 0.1) is 0 Å². The predicted molar refractivity (Wildman–Crippen MR) is 130 cm³/mol. The molecule has 0 spiro atoms. The van der Waals surface area contributed by atoms with Crippen LogP contribution in [0.2, 0.25) is 5.02 Å². The summed E-state index contributed by atoms with van der Waals surface area (Å²) in [5.41, 5.74) is 2.13. The van der Waals surface area contributed by atoms with Crippen LogP contribution in [-0.2, 0) is 17.8 Å². The fourth-order valence-electron chi connectivity index (χ4n) is 4.43. The number of fused-ring (bicyclic) bond motifs is 2. The first-order chi connectivity index (χ1) is 16.3. The Morgan fingerprint density at radius 1 is 1.18 bits per heavy atom. The summed E-state index contributed by atoms with van der Waals surface area (Å²) in [6.07, 6.45) is 0.920. The van der Waals surface area contributed by atoms with E-state index in [0.717, 1.165) is 41.0 Å². The predicted octanol–water partition coefficient (Wildman–Crippen LogP) is 2.02. The second-order valence-electron chi connectivity index (χ2n) is 8.93. The molecule has 2 aromatic heterocycles. The Balaban J connectivity index is 1.32. The van der Waals surface area contributed by atoms with E-state index in [1.807, 2.05) is 13.1 Å². The third-order valence-electron chi connectivity index (χ3n) is 6.35. The number of amides is 3. The van der Waals surface area contributed by atoms with E-state index in [-0.39, 0.29) is 24.1 Å².